The molecule has 1 aliphatic carbocycles. The number of unbranched alkanes of at least 4 members (excludes halogenated alkanes) is 1. The summed E-state index contributed by atoms with van der Waals surface area (Å²) in [5, 5.41) is 0. The molecule has 0 amide bonds. The first-order valence-electron chi connectivity index (χ1n) is 5.18. The van der Waals surface area contributed by atoms with Crippen LogP contribution in [0.5, 0.6) is 0 Å². The van der Waals surface area contributed by atoms with Crippen molar-refractivity contribution in [1.29, 1.82) is 0 Å². The van der Waals surface area contributed by atoms with Gasteiger partial charge in [-0.3, -0.25) is 0 Å². The fourth-order valence-electron chi connectivity index (χ4n) is 2.33. The first-order valence-corrected chi connectivity index (χ1v) is 6.79. The van der Waals surface area contributed by atoms with E-state index < -0.39 is 10.0 Å². The molecule has 1 saturated carbocycles. The third-order valence-electron chi connectivity index (χ3n) is 3.08. The largest absolute Gasteiger partial charge is 0.214 e. The Morgan fingerprint density at radius 2 is 1.92 bits per heavy atom. The lowest BCUT2D eigenvalue weighted by atomic mass is 10.3. The molecule has 2 rings (SSSR count). The van der Waals surface area contributed by atoms with Crippen LogP contribution in [0.4, 0.5) is 0 Å². The zero-order chi connectivity index (χ0) is 9.47. The van der Waals surface area contributed by atoms with Crippen molar-refractivity contribution in [3.8, 4) is 0 Å². The van der Waals surface area contributed by atoms with Crippen LogP contribution in [-0.4, -0.2) is 30.6 Å². The molecule has 0 aromatic carbocycles. The summed E-state index contributed by atoms with van der Waals surface area (Å²) >= 11 is 0. The Morgan fingerprint density at radius 1 is 1.31 bits per heavy atom. The molecule has 0 aromatic heterocycles. The highest BCUT2D eigenvalue weighted by Crippen LogP contribution is 2.44. The minimum absolute atomic E-state index is 0.358. The molecular formula is C9H17NO2S. The smallest absolute Gasteiger partial charge is 0.212 e. The number of fused-ring (bicyclic) bond motifs is 1. The van der Waals surface area contributed by atoms with Gasteiger partial charge in [0.25, 0.3) is 0 Å². The number of piperidine rings is 1. The summed E-state index contributed by atoms with van der Waals surface area (Å²) in [7, 11) is -2.88. The van der Waals surface area contributed by atoms with Crippen molar-refractivity contribution in [2.75, 3.05) is 5.75 Å². The van der Waals surface area contributed by atoms with E-state index in [1.54, 1.807) is 4.31 Å². The van der Waals surface area contributed by atoms with Gasteiger partial charge in [0, 0.05) is 12.1 Å². The maximum atomic E-state index is 11.7. The van der Waals surface area contributed by atoms with Gasteiger partial charge in [-0.1, -0.05) is 19.8 Å². The molecule has 0 aromatic rings. The van der Waals surface area contributed by atoms with Crippen molar-refractivity contribution in [1.82, 2.24) is 4.31 Å². The summed E-state index contributed by atoms with van der Waals surface area (Å²) in [5.41, 5.74) is 0. The van der Waals surface area contributed by atoms with Gasteiger partial charge in [0.2, 0.25) is 10.0 Å². The highest BCUT2D eigenvalue weighted by molar-refractivity contribution is 7.89. The second-order valence-corrected chi connectivity index (χ2v) is 6.06. The fourth-order valence-corrected chi connectivity index (χ4v) is 4.46. The third-order valence-corrected chi connectivity index (χ3v) is 5.07. The van der Waals surface area contributed by atoms with Gasteiger partial charge in [0.1, 0.15) is 0 Å². The maximum absolute atomic E-state index is 11.7. The molecule has 0 unspecified atom stereocenters. The number of hydrogen-bond donors (Lipinski definition) is 0. The average Bonchev–Trinajstić information content (AvgIpc) is 2.61. The Bertz CT molecular complexity index is 276. The summed E-state index contributed by atoms with van der Waals surface area (Å²) in [6.45, 7) is 2.03. The van der Waals surface area contributed by atoms with Crippen LogP contribution < -0.4 is 0 Å². The predicted molar refractivity (Wildman–Crippen MR) is 52.0 cm³/mol. The zero-order valence-electron chi connectivity index (χ0n) is 8.07. The van der Waals surface area contributed by atoms with Gasteiger partial charge in [-0.15, -0.1) is 0 Å². The molecule has 4 heteroatoms. The van der Waals surface area contributed by atoms with Crippen LogP contribution in [0.25, 0.3) is 0 Å². The van der Waals surface area contributed by atoms with E-state index in [4.69, 9.17) is 0 Å². The molecule has 0 radical (unpaired) electrons. The normalized spacial score (nSPS) is 37.5. The van der Waals surface area contributed by atoms with Gasteiger partial charge in [0.15, 0.2) is 0 Å². The van der Waals surface area contributed by atoms with Gasteiger partial charge < -0.3 is 0 Å². The van der Waals surface area contributed by atoms with Crippen LogP contribution in [0.1, 0.15) is 39.0 Å². The van der Waals surface area contributed by atoms with Crippen molar-refractivity contribution >= 4 is 10.0 Å². The Kier molecular flexibility index (Phi) is 2.36. The van der Waals surface area contributed by atoms with E-state index in [1.165, 1.54) is 6.42 Å². The van der Waals surface area contributed by atoms with Crippen molar-refractivity contribution in [3.05, 3.63) is 0 Å². The molecular weight excluding hydrogens is 186 g/mol. The highest BCUT2D eigenvalue weighted by Gasteiger charge is 2.56. The molecule has 0 spiro atoms. The Morgan fingerprint density at radius 3 is 2.46 bits per heavy atom. The molecule has 2 fully saturated rings. The molecule has 0 N–H and O–H groups in total. The SMILES string of the molecule is CCCCS(=O)(=O)N1[C@@H]2CCC[C@H]21. The van der Waals surface area contributed by atoms with E-state index in [9.17, 15) is 8.42 Å². The molecule has 1 saturated heterocycles. The van der Waals surface area contributed by atoms with Crippen LogP contribution in [-0.2, 0) is 10.0 Å². The summed E-state index contributed by atoms with van der Waals surface area (Å²) in [6.07, 6.45) is 5.17. The number of sulfonamides is 1. The number of nitrogens with zero attached hydrogens (tertiary/aromatic N) is 1. The number of rotatable bonds is 4. The van der Waals surface area contributed by atoms with E-state index in [0.717, 1.165) is 25.7 Å². The zero-order valence-corrected chi connectivity index (χ0v) is 8.89. The lowest BCUT2D eigenvalue weighted by Crippen LogP contribution is -2.20. The molecule has 2 atom stereocenters. The predicted octanol–water partition coefficient (Wildman–Crippen LogP) is 1.35. The lowest BCUT2D eigenvalue weighted by molar-refractivity contribution is 0.515. The average molecular weight is 203 g/mol. The van der Waals surface area contributed by atoms with Gasteiger partial charge in [0.05, 0.1) is 5.75 Å². The Hall–Kier alpha value is -0.0900. The second kappa shape index (κ2) is 3.24. The number of hydrogen-bond acceptors (Lipinski definition) is 2. The topological polar surface area (TPSA) is 37.1 Å². The van der Waals surface area contributed by atoms with Crippen LogP contribution in [0, 0.1) is 0 Å². The standard InChI is InChI=1S/C9H17NO2S/c1-2-3-7-13(11,12)10-8-5-4-6-9(8)10/h8-9H,2-7H2,1H3/t8-,9-/m1/s1. The van der Waals surface area contributed by atoms with E-state index in [-0.39, 0.29) is 0 Å². The van der Waals surface area contributed by atoms with Crippen LogP contribution in [0.2, 0.25) is 0 Å². The summed E-state index contributed by atoms with van der Waals surface area (Å²) < 4.78 is 25.1. The summed E-state index contributed by atoms with van der Waals surface area (Å²) in [4.78, 5) is 0. The highest BCUT2D eigenvalue weighted by atomic mass is 32.2. The molecule has 76 valence electrons. The molecule has 3 nitrogen and oxygen atoms in total. The molecule has 0 bridgehead atoms. The lowest BCUT2D eigenvalue weighted by Gasteiger charge is -2.07. The quantitative estimate of drug-likeness (QED) is 0.647. The van der Waals surface area contributed by atoms with Crippen LogP contribution >= 0.6 is 0 Å². The maximum Gasteiger partial charge on any atom is 0.214 e. The summed E-state index contributed by atoms with van der Waals surface area (Å²) in [6, 6.07) is 0.781. The van der Waals surface area contributed by atoms with Crippen molar-refractivity contribution in [2.45, 2.75) is 51.1 Å². The van der Waals surface area contributed by atoms with E-state index in [1.807, 2.05) is 6.92 Å². The van der Waals surface area contributed by atoms with Gasteiger partial charge in [-0.25, -0.2) is 8.42 Å². The monoisotopic (exact) mass is 203 g/mol. The Balaban J connectivity index is 1.94. The third kappa shape index (κ3) is 1.62. The second-order valence-electron chi connectivity index (χ2n) is 4.07. The minimum atomic E-state index is -2.88. The Labute approximate surface area is 80.2 Å². The molecule has 1 aliphatic heterocycles. The van der Waals surface area contributed by atoms with E-state index in [0.29, 0.717) is 17.8 Å². The van der Waals surface area contributed by atoms with Crippen molar-refractivity contribution in [2.24, 2.45) is 0 Å². The first-order chi connectivity index (χ1) is 6.17. The molecule has 13 heavy (non-hydrogen) atoms. The van der Waals surface area contributed by atoms with Crippen LogP contribution in [0.3, 0.4) is 0 Å². The molecule has 2 aliphatic rings. The van der Waals surface area contributed by atoms with E-state index >= 15 is 0 Å². The minimum Gasteiger partial charge on any atom is -0.212 e. The van der Waals surface area contributed by atoms with Gasteiger partial charge in [-0.2, -0.15) is 4.31 Å². The van der Waals surface area contributed by atoms with E-state index in [2.05, 4.69) is 0 Å². The molecule has 1 heterocycles. The van der Waals surface area contributed by atoms with Crippen molar-refractivity contribution < 1.29 is 8.42 Å². The van der Waals surface area contributed by atoms with Crippen LogP contribution in [0.15, 0.2) is 0 Å². The summed E-state index contributed by atoms with van der Waals surface area (Å²) in [5.74, 6) is 0.358. The van der Waals surface area contributed by atoms with Gasteiger partial charge in [-0.05, 0) is 19.3 Å². The fraction of sp³-hybridized carbons (Fsp3) is 1.00. The van der Waals surface area contributed by atoms with Gasteiger partial charge >= 0.3 is 0 Å². The first kappa shape index (κ1) is 9.46. The van der Waals surface area contributed by atoms with Crippen molar-refractivity contribution in [3.63, 3.8) is 0 Å².